The van der Waals surface area contributed by atoms with Crippen LogP contribution in [0.1, 0.15) is 19.4 Å². The fourth-order valence-corrected chi connectivity index (χ4v) is 1.79. The zero-order chi connectivity index (χ0) is 18.2. The van der Waals surface area contributed by atoms with Gasteiger partial charge in [-0.05, 0) is 31.5 Å². The first kappa shape index (κ1) is 23.6. The highest BCUT2D eigenvalue weighted by molar-refractivity contribution is 14.0. The standard InChI is InChI=1S/C16H25F2N3O3.HI/c1-16(2,23-5)10-21-15(19-3)20-9-11-6-7-12(22-4)13(8-11)24-14(17)18;/h6-8,14H,9-10H2,1-5H3,(H2,19,20,21);1H. The molecule has 0 heterocycles. The van der Waals surface area contributed by atoms with Gasteiger partial charge in [0.1, 0.15) is 0 Å². The van der Waals surface area contributed by atoms with E-state index in [0.29, 0.717) is 19.0 Å². The van der Waals surface area contributed by atoms with Crippen LogP contribution in [0.3, 0.4) is 0 Å². The highest BCUT2D eigenvalue weighted by Crippen LogP contribution is 2.29. The van der Waals surface area contributed by atoms with Crippen molar-refractivity contribution in [1.29, 1.82) is 0 Å². The summed E-state index contributed by atoms with van der Waals surface area (Å²) >= 11 is 0. The van der Waals surface area contributed by atoms with E-state index >= 15 is 0 Å². The molecule has 0 aliphatic heterocycles. The van der Waals surface area contributed by atoms with Crippen LogP contribution in [-0.2, 0) is 11.3 Å². The van der Waals surface area contributed by atoms with Crippen molar-refractivity contribution in [2.24, 2.45) is 4.99 Å². The summed E-state index contributed by atoms with van der Waals surface area (Å²) in [7, 11) is 4.68. The second kappa shape index (κ2) is 11.3. The number of hydrogen-bond donors (Lipinski definition) is 2. The molecular weight excluding hydrogens is 447 g/mol. The third-order valence-electron chi connectivity index (χ3n) is 3.36. The second-order valence-corrected chi connectivity index (χ2v) is 5.61. The number of aliphatic imine (C=N–C) groups is 1. The molecule has 144 valence electrons. The average molecular weight is 473 g/mol. The number of nitrogens with one attached hydrogen (secondary N) is 2. The molecule has 0 fully saturated rings. The number of ether oxygens (including phenoxy) is 3. The van der Waals surface area contributed by atoms with Crippen molar-refractivity contribution in [3.63, 3.8) is 0 Å². The van der Waals surface area contributed by atoms with Gasteiger partial charge < -0.3 is 24.8 Å². The Hall–Kier alpha value is -1.36. The largest absolute Gasteiger partial charge is 0.493 e. The lowest BCUT2D eigenvalue weighted by Crippen LogP contribution is -2.45. The summed E-state index contributed by atoms with van der Waals surface area (Å²) in [4.78, 5) is 4.11. The molecule has 0 spiro atoms. The van der Waals surface area contributed by atoms with Crippen LogP contribution in [0.15, 0.2) is 23.2 Å². The lowest BCUT2D eigenvalue weighted by molar-refractivity contribution is -0.0512. The van der Waals surface area contributed by atoms with E-state index in [1.54, 1.807) is 26.3 Å². The van der Waals surface area contributed by atoms with Crippen LogP contribution in [0.25, 0.3) is 0 Å². The van der Waals surface area contributed by atoms with Crippen molar-refractivity contribution in [2.45, 2.75) is 32.6 Å². The van der Waals surface area contributed by atoms with Crippen molar-refractivity contribution in [2.75, 3.05) is 27.8 Å². The van der Waals surface area contributed by atoms with Gasteiger partial charge in [-0.15, -0.1) is 24.0 Å². The van der Waals surface area contributed by atoms with Crippen molar-refractivity contribution < 1.29 is 23.0 Å². The van der Waals surface area contributed by atoms with Crippen molar-refractivity contribution in [1.82, 2.24) is 10.6 Å². The van der Waals surface area contributed by atoms with E-state index in [1.807, 2.05) is 13.8 Å². The maximum absolute atomic E-state index is 12.4. The summed E-state index contributed by atoms with van der Waals surface area (Å²) in [6, 6.07) is 4.85. The fourth-order valence-electron chi connectivity index (χ4n) is 1.79. The number of benzene rings is 1. The lowest BCUT2D eigenvalue weighted by atomic mass is 10.1. The molecule has 0 aromatic heterocycles. The van der Waals surface area contributed by atoms with Crippen LogP contribution >= 0.6 is 24.0 Å². The zero-order valence-corrected chi connectivity index (χ0v) is 17.4. The molecule has 0 amide bonds. The van der Waals surface area contributed by atoms with Gasteiger partial charge in [0.2, 0.25) is 0 Å². The van der Waals surface area contributed by atoms with Gasteiger partial charge in [0.25, 0.3) is 0 Å². The average Bonchev–Trinajstić information content (AvgIpc) is 2.54. The minimum atomic E-state index is -2.91. The topological polar surface area (TPSA) is 64.1 Å². The minimum Gasteiger partial charge on any atom is -0.493 e. The molecular formula is C16H26F2IN3O3. The predicted molar refractivity (Wildman–Crippen MR) is 104 cm³/mol. The maximum Gasteiger partial charge on any atom is 0.387 e. The number of alkyl halides is 2. The summed E-state index contributed by atoms with van der Waals surface area (Å²) < 4.78 is 39.7. The van der Waals surface area contributed by atoms with Crippen LogP contribution < -0.4 is 20.1 Å². The molecule has 0 radical (unpaired) electrons. The third kappa shape index (κ3) is 8.52. The number of rotatable bonds is 8. The van der Waals surface area contributed by atoms with Gasteiger partial charge in [-0.3, -0.25) is 4.99 Å². The van der Waals surface area contributed by atoms with E-state index in [0.717, 1.165) is 5.56 Å². The molecule has 1 rings (SSSR count). The Kier molecular flexibility index (Phi) is 10.7. The molecule has 1 aromatic carbocycles. The quantitative estimate of drug-likeness (QED) is 0.346. The van der Waals surface area contributed by atoms with Gasteiger partial charge in [-0.25, -0.2) is 0 Å². The van der Waals surface area contributed by atoms with Crippen LogP contribution in [-0.4, -0.2) is 46.0 Å². The molecule has 1 aromatic rings. The monoisotopic (exact) mass is 473 g/mol. The van der Waals surface area contributed by atoms with Gasteiger partial charge >= 0.3 is 6.61 Å². The summed E-state index contributed by atoms with van der Waals surface area (Å²) in [6.07, 6.45) is 0. The molecule has 0 aliphatic carbocycles. The van der Waals surface area contributed by atoms with Crippen molar-refractivity contribution in [3.8, 4) is 11.5 Å². The van der Waals surface area contributed by atoms with E-state index in [4.69, 9.17) is 9.47 Å². The van der Waals surface area contributed by atoms with Gasteiger partial charge in [0.15, 0.2) is 17.5 Å². The number of guanidine groups is 1. The van der Waals surface area contributed by atoms with Crippen LogP contribution in [0.4, 0.5) is 8.78 Å². The van der Waals surface area contributed by atoms with E-state index in [2.05, 4.69) is 20.4 Å². The van der Waals surface area contributed by atoms with E-state index in [9.17, 15) is 8.78 Å². The van der Waals surface area contributed by atoms with Crippen LogP contribution in [0, 0.1) is 0 Å². The lowest BCUT2D eigenvalue weighted by Gasteiger charge is -2.24. The Bertz CT molecular complexity index is 557. The summed E-state index contributed by atoms with van der Waals surface area (Å²) in [5.74, 6) is 0.825. The molecule has 0 bridgehead atoms. The predicted octanol–water partition coefficient (Wildman–Crippen LogP) is 3.00. The van der Waals surface area contributed by atoms with Crippen LogP contribution in [0.5, 0.6) is 11.5 Å². The SMILES string of the molecule is CN=C(NCc1ccc(OC)c(OC(F)F)c1)NCC(C)(C)OC.I. The molecule has 0 unspecified atom stereocenters. The Morgan fingerprint density at radius 1 is 1.20 bits per heavy atom. The first-order valence-electron chi connectivity index (χ1n) is 7.42. The number of methoxy groups -OCH3 is 2. The van der Waals surface area contributed by atoms with Gasteiger partial charge in [-0.1, -0.05) is 6.07 Å². The molecule has 0 saturated carbocycles. The zero-order valence-electron chi connectivity index (χ0n) is 15.1. The maximum atomic E-state index is 12.4. The Morgan fingerprint density at radius 3 is 2.40 bits per heavy atom. The molecule has 0 aliphatic rings. The molecule has 2 N–H and O–H groups in total. The highest BCUT2D eigenvalue weighted by atomic mass is 127. The molecule has 0 saturated heterocycles. The number of hydrogen-bond acceptors (Lipinski definition) is 4. The molecule has 25 heavy (non-hydrogen) atoms. The summed E-state index contributed by atoms with van der Waals surface area (Å²) in [5, 5.41) is 6.24. The first-order chi connectivity index (χ1) is 11.3. The Labute approximate surface area is 164 Å². The number of halogens is 3. The van der Waals surface area contributed by atoms with Gasteiger partial charge in [0.05, 0.1) is 12.7 Å². The van der Waals surface area contributed by atoms with Crippen molar-refractivity contribution >= 4 is 29.9 Å². The summed E-state index contributed by atoms with van der Waals surface area (Å²) in [6.45, 7) is 1.94. The number of nitrogens with zero attached hydrogens (tertiary/aromatic N) is 1. The van der Waals surface area contributed by atoms with Crippen LogP contribution in [0.2, 0.25) is 0 Å². The van der Waals surface area contributed by atoms with E-state index in [-0.39, 0.29) is 41.1 Å². The fraction of sp³-hybridized carbons (Fsp3) is 0.562. The smallest absolute Gasteiger partial charge is 0.387 e. The normalized spacial score (nSPS) is 11.8. The second-order valence-electron chi connectivity index (χ2n) is 5.61. The third-order valence-corrected chi connectivity index (χ3v) is 3.36. The van der Waals surface area contributed by atoms with Gasteiger partial charge in [0, 0.05) is 27.2 Å². The molecule has 0 atom stereocenters. The van der Waals surface area contributed by atoms with E-state index in [1.165, 1.54) is 13.2 Å². The first-order valence-corrected chi connectivity index (χ1v) is 7.42. The molecule has 9 heteroatoms. The van der Waals surface area contributed by atoms with Crippen molar-refractivity contribution in [3.05, 3.63) is 23.8 Å². The highest BCUT2D eigenvalue weighted by Gasteiger charge is 2.16. The minimum absolute atomic E-state index is 0. The summed E-state index contributed by atoms with van der Waals surface area (Å²) in [5.41, 5.74) is 0.413. The van der Waals surface area contributed by atoms with Gasteiger partial charge in [-0.2, -0.15) is 8.78 Å². The Morgan fingerprint density at radius 2 is 1.88 bits per heavy atom. The Balaban J connectivity index is 0.00000576. The molecule has 6 nitrogen and oxygen atoms in total. The van der Waals surface area contributed by atoms with E-state index < -0.39 is 6.61 Å².